The SMILES string of the molecule is COc1ccc(-c2cc(C(F)(F)F)n3nc(C(=O)NCc4cccs4)c(Cl)c3n2)cc1. The fourth-order valence-electron chi connectivity index (χ4n) is 2.91. The monoisotopic (exact) mass is 466 g/mol. The lowest BCUT2D eigenvalue weighted by Gasteiger charge is -2.11. The van der Waals surface area contributed by atoms with E-state index in [0.29, 0.717) is 15.8 Å². The Morgan fingerprint density at radius 2 is 2.00 bits per heavy atom. The molecule has 0 saturated carbocycles. The number of hydrogen-bond acceptors (Lipinski definition) is 5. The average Bonchev–Trinajstić information content (AvgIpc) is 3.39. The minimum Gasteiger partial charge on any atom is -0.497 e. The number of methoxy groups -OCH3 is 1. The van der Waals surface area contributed by atoms with Gasteiger partial charge >= 0.3 is 6.18 Å². The summed E-state index contributed by atoms with van der Waals surface area (Å²) in [6.45, 7) is 0.206. The number of alkyl halides is 3. The third-order valence-corrected chi connectivity index (χ3v) is 5.65. The second-order valence-corrected chi connectivity index (χ2v) is 7.82. The number of hydrogen-bond donors (Lipinski definition) is 1. The number of fused-ring (bicyclic) bond motifs is 1. The number of ether oxygens (including phenoxy) is 1. The van der Waals surface area contributed by atoms with E-state index in [2.05, 4.69) is 15.4 Å². The smallest absolute Gasteiger partial charge is 0.433 e. The first-order chi connectivity index (χ1) is 14.8. The molecule has 1 amide bonds. The van der Waals surface area contributed by atoms with Crippen LogP contribution in [0.25, 0.3) is 16.9 Å². The Labute approximate surface area is 183 Å². The first-order valence-electron chi connectivity index (χ1n) is 8.89. The van der Waals surface area contributed by atoms with E-state index < -0.39 is 17.8 Å². The highest BCUT2D eigenvalue weighted by atomic mass is 35.5. The fraction of sp³-hybridized carbons (Fsp3) is 0.150. The molecule has 1 aromatic carbocycles. The molecule has 1 N–H and O–H groups in total. The molecular formula is C20H14ClF3N4O2S. The van der Waals surface area contributed by atoms with Crippen molar-refractivity contribution in [3.63, 3.8) is 0 Å². The van der Waals surface area contributed by atoms with Gasteiger partial charge in [0.15, 0.2) is 17.0 Å². The highest BCUT2D eigenvalue weighted by Crippen LogP contribution is 2.34. The molecule has 0 aliphatic heterocycles. The van der Waals surface area contributed by atoms with E-state index in [0.717, 1.165) is 10.9 Å². The lowest BCUT2D eigenvalue weighted by Crippen LogP contribution is -2.23. The van der Waals surface area contributed by atoms with Gasteiger partial charge in [-0.15, -0.1) is 11.3 Å². The highest BCUT2D eigenvalue weighted by Gasteiger charge is 2.36. The molecule has 0 bridgehead atoms. The van der Waals surface area contributed by atoms with E-state index in [1.54, 1.807) is 24.3 Å². The molecule has 11 heteroatoms. The quantitative estimate of drug-likeness (QED) is 0.446. The van der Waals surface area contributed by atoms with Crippen molar-refractivity contribution in [1.82, 2.24) is 19.9 Å². The predicted octanol–water partition coefficient (Wildman–Crippen LogP) is 5.07. The number of amides is 1. The van der Waals surface area contributed by atoms with E-state index in [9.17, 15) is 18.0 Å². The Morgan fingerprint density at radius 3 is 2.61 bits per heavy atom. The minimum absolute atomic E-state index is 0.0369. The van der Waals surface area contributed by atoms with Gasteiger partial charge in [-0.2, -0.15) is 18.3 Å². The fourth-order valence-corrected chi connectivity index (χ4v) is 3.80. The van der Waals surface area contributed by atoms with Gasteiger partial charge in [-0.25, -0.2) is 9.50 Å². The number of aromatic nitrogens is 3. The summed E-state index contributed by atoms with van der Waals surface area (Å²) in [5.41, 5.74) is -1.22. The zero-order valence-electron chi connectivity index (χ0n) is 15.9. The molecule has 4 aromatic rings. The molecule has 0 unspecified atom stereocenters. The molecule has 31 heavy (non-hydrogen) atoms. The maximum Gasteiger partial charge on any atom is 0.433 e. The molecule has 3 heterocycles. The summed E-state index contributed by atoms with van der Waals surface area (Å²) in [6, 6.07) is 10.9. The third kappa shape index (κ3) is 4.21. The van der Waals surface area contributed by atoms with Gasteiger partial charge in [0.2, 0.25) is 0 Å². The summed E-state index contributed by atoms with van der Waals surface area (Å²) in [4.78, 5) is 17.6. The van der Waals surface area contributed by atoms with Crippen LogP contribution in [0.15, 0.2) is 47.8 Å². The molecule has 3 aromatic heterocycles. The van der Waals surface area contributed by atoms with Crippen LogP contribution in [-0.2, 0) is 12.7 Å². The second-order valence-electron chi connectivity index (χ2n) is 6.41. The van der Waals surface area contributed by atoms with Gasteiger partial charge < -0.3 is 10.1 Å². The van der Waals surface area contributed by atoms with Crippen molar-refractivity contribution >= 4 is 34.5 Å². The second kappa shape index (κ2) is 8.20. The first kappa shape index (κ1) is 21.1. The lowest BCUT2D eigenvalue weighted by atomic mass is 10.1. The summed E-state index contributed by atoms with van der Waals surface area (Å²) in [7, 11) is 1.48. The Balaban J connectivity index is 1.78. The van der Waals surface area contributed by atoms with Crippen LogP contribution in [0.4, 0.5) is 13.2 Å². The predicted molar refractivity (Wildman–Crippen MR) is 110 cm³/mol. The standard InChI is InChI=1S/C20H14ClF3N4O2S/c1-30-12-6-4-11(5-7-12)14-9-15(20(22,23)24)28-18(26-14)16(21)17(27-28)19(29)25-10-13-3-2-8-31-13/h2-9H,10H2,1H3,(H,25,29). The number of rotatable bonds is 5. The highest BCUT2D eigenvalue weighted by molar-refractivity contribution is 7.09. The van der Waals surface area contributed by atoms with E-state index >= 15 is 0 Å². The minimum atomic E-state index is -4.75. The number of nitrogens with one attached hydrogen (secondary N) is 1. The van der Waals surface area contributed by atoms with Crippen LogP contribution in [0.2, 0.25) is 5.02 Å². The molecule has 0 spiro atoms. The van der Waals surface area contributed by atoms with E-state index in [1.165, 1.54) is 18.4 Å². The number of thiophene rings is 1. The van der Waals surface area contributed by atoms with Crippen molar-refractivity contribution in [1.29, 1.82) is 0 Å². The van der Waals surface area contributed by atoms with Gasteiger partial charge in [0.05, 0.1) is 19.3 Å². The normalized spacial score (nSPS) is 11.6. The molecule has 0 radical (unpaired) electrons. The summed E-state index contributed by atoms with van der Waals surface area (Å²) < 4.78 is 46.9. The topological polar surface area (TPSA) is 68.5 Å². The van der Waals surface area contributed by atoms with Crippen LogP contribution >= 0.6 is 22.9 Å². The van der Waals surface area contributed by atoms with Gasteiger partial charge in [-0.3, -0.25) is 4.79 Å². The summed E-state index contributed by atoms with van der Waals surface area (Å²) in [5, 5.41) is 8.01. The van der Waals surface area contributed by atoms with Gasteiger partial charge in [-0.05, 0) is 41.8 Å². The summed E-state index contributed by atoms with van der Waals surface area (Å²) in [5.74, 6) is -0.143. The zero-order valence-corrected chi connectivity index (χ0v) is 17.5. The number of carbonyl (C=O) groups excluding carboxylic acids is 1. The molecule has 0 atom stereocenters. The zero-order chi connectivity index (χ0) is 22.2. The van der Waals surface area contributed by atoms with E-state index in [4.69, 9.17) is 16.3 Å². The molecule has 6 nitrogen and oxygen atoms in total. The van der Waals surface area contributed by atoms with Crippen LogP contribution in [0.5, 0.6) is 5.75 Å². The van der Waals surface area contributed by atoms with Crippen molar-refractivity contribution in [3.05, 3.63) is 69.1 Å². The van der Waals surface area contributed by atoms with Gasteiger partial charge in [0.1, 0.15) is 10.8 Å². The van der Waals surface area contributed by atoms with Crippen molar-refractivity contribution in [2.24, 2.45) is 0 Å². The molecule has 0 aliphatic rings. The van der Waals surface area contributed by atoms with E-state index in [1.807, 2.05) is 17.5 Å². The van der Waals surface area contributed by atoms with Crippen molar-refractivity contribution in [2.45, 2.75) is 12.7 Å². The van der Waals surface area contributed by atoms with Gasteiger partial charge in [-0.1, -0.05) is 17.7 Å². The van der Waals surface area contributed by atoms with Crippen LogP contribution in [0.1, 0.15) is 21.1 Å². The van der Waals surface area contributed by atoms with Crippen LogP contribution in [0, 0.1) is 0 Å². The van der Waals surface area contributed by atoms with Crippen LogP contribution in [0.3, 0.4) is 0 Å². The largest absolute Gasteiger partial charge is 0.497 e. The van der Waals surface area contributed by atoms with Crippen molar-refractivity contribution in [3.8, 4) is 17.0 Å². The van der Waals surface area contributed by atoms with Crippen LogP contribution in [-0.4, -0.2) is 27.6 Å². The van der Waals surface area contributed by atoms with Crippen molar-refractivity contribution in [2.75, 3.05) is 7.11 Å². The lowest BCUT2D eigenvalue weighted by molar-refractivity contribution is -0.142. The maximum absolute atomic E-state index is 13.8. The molecule has 0 aliphatic carbocycles. The number of carbonyl (C=O) groups is 1. The first-order valence-corrected chi connectivity index (χ1v) is 10.1. The molecule has 0 fully saturated rings. The Hall–Kier alpha value is -3.11. The summed E-state index contributed by atoms with van der Waals surface area (Å²) in [6.07, 6.45) is -4.75. The number of benzene rings is 1. The molecular weight excluding hydrogens is 453 g/mol. The van der Waals surface area contributed by atoms with Gasteiger partial charge in [0, 0.05) is 10.4 Å². The number of nitrogens with zero attached hydrogens (tertiary/aromatic N) is 3. The summed E-state index contributed by atoms with van der Waals surface area (Å²) >= 11 is 7.68. The van der Waals surface area contributed by atoms with E-state index in [-0.39, 0.29) is 28.6 Å². The molecule has 160 valence electrons. The average molecular weight is 467 g/mol. The molecule has 4 rings (SSSR count). The maximum atomic E-state index is 13.8. The Morgan fingerprint density at radius 1 is 1.26 bits per heavy atom. The van der Waals surface area contributed by atoms with Crippen LogP contribution < -0.4 is 10.1 Å². The van der Waals surface area contributed by atoms with Crippen molar-refractivity contribution < 1.29 is 22.7 Å². The Kier molecular flexibility index (Phi) is 5.59. The molecule has 0 saturated heterocycles. The van der Waals surface area contributed by atoms with Gasteiger partial charge in [0.25, 0.3) is 5.91 Å². The number of halogens is 4. The Bertz CT molecular complexity index is 1240. The third-order valence-electron chi connectivity index (χ3n) is 4.43.